The fourth-order valence-corrected chi connectivity index (χ4v) is 1.63. The van der Waals surface area contributed by atoms with Crippen molar-refractivity contribution in [1.82, 2.24) is 0 Å². The van der Waals surface area contributed by atoms with Crippen molar-refractivity contribution in [3.63, 3.8) is 0 Å². The Morgan fingerprint density at radius 3 is 2.83 bits per heavy atom. The molecule has 1 saturated carbocycles. The van der Waals surface area contributed by atoms with Gasteiger partial charge in [0.25, 0.3) is 0 Å². The molecule has 64 valence electrons. The van der Waals surface area contributed by atoms with Gasteiger partial charge in [-0.25, -0.2) is 0 Å². The van der Waals surface area contributed by atoms with Crippen molar-refractivity contribution >= 4 is 21.9 Å². The SMILES string of the molecule is O=C(O)[C@@H]1C[C@H]1c1ccc(Br)o1. The van der Waals surface area contributed by atoms with Crippen LogP contribution >= 0.6 is 15.9 Å². The summed E-state index contributed by atoms with van der Waals surface area (Å²) in [6, 6.07) is 3.60. The van der Waals surface area contributed by atoms with E-state index in [1.54, 1.807) is 6.07 Å². The van der Waals surface area contributed by atoms with Gasteiger partial charge >= 0.3 is 5.97 Å². The van der Waals surface area contributed by atoms with E-state index in [0.717, 1.165) is 5.76 Å². The Morgan fingerprint density at radius 2 is 2.42 bits per heavy atom. The largest absolute Gasteiger partial charge is 0.481 e. The van der Waals surface area contributed by atoms with Gasteiger partial charge in [0.1, 0.15) is 5.76 Å². The third kappa shape index (κ3) is 1.27. The molecule has 0 saturated heterocycles. The summed E-state index contributed by atoms with van der Waals surface area (Å²) < 4.78 is 5.90. The zero-order valence-corrected chi connectivity index (χ0v) is 7.74. The molecule has 1 N–H and O–H groups in total. The predicted molar refractivity (Wildman–Crippen MR) is 44.9 cm³/mol. The van der Waals surface area contributed by atoms with Gasteiger partial charge in [-0.1, -0.05) is 0 Å². The van der Waals surface area contributed by atoms with Gasteiger partial charge in [-0.15, -0.1) is 0 Å². The standard InChI is InChI=1S/C8H7BrO3/c9-7-2-1-6(12-7)4-3-5(4)8(10)11/h1-2,4-5H,3H2,(H,10,11)/t4-,5-/m1/s1. The lowest BCUT2D eigenvalue weighted by Gasteiger charge is -1.89. The number of carboxylic acids is 1. The summed E-state index contributed by atoms with van der Waals surface area (Å²) in [6.07, 6.45) is 0.704. The third-order valence-corrected chi connectivity index (χ3v) is 2.49. The lowest BCUT2D eigenvalue weighted by atomic mass is 10.2. The molecule has 1 aliphatic rings. The van der Waals surface area contributed by atoms with Gasteiger partial charge in [-0.2, -0.15) is 0 Å². The van der Waals surface area contributed by atoms with Crippen molar-refractivity contribution in [2.45, 2.75) is 12.3 Å². The minimum absolute atomic E-state index is 0.0915. The maximum absolute atomic E-state index is 10.5. The molecule has 1 heterocycles. The van der Waals surface area contributed by atoms with Crippen LogP contribution in [0.4, 0.5) is 0 Å². The van der Waals surface area contributed by atoms with Crippen LogP contribution < -0.4 is 0 Å². The first-order valence-corrected chi connectivity index (χ1v) is 4.46. The first kappa shape index (κ1) is 7.86. The summed E-state index contributed by atoms with van der Waals surface area (Å²) in [5.74, 6) is -0.0985. The number of halogens is 1. The summed E-state index contributed by atoms with van der Waals surface area (Å²) in [7, 11) is 0. The van der Waals surface area contributed by atoms with Gasteiger partial charge < -0.3 is 9.52 Å². The third-order valence-electron chi connectivity index (χ3n) is 2.07. The molecule has 3 nitrogen and oxygen atoms in total. The first-order chi connectivity index (χ1) is 5.68. The number of hydrogen-bond acceptors (Lipinski definition) is 2. The molecule has 0 aliphatic heterocycles. The lowest BCUT2D eigenvalue weighted by molar-refractivity contribution is -0.138. The van der Waals surface area contributed by atoms with Crippen molar-refractivity contribution < 1.29 is 14.3 Å². The van der Waals surface area contributed by atoms with Crippen LogP contribution in [-0.4, -0.2) is 11.1 Å². The van der Waals surface area contributed by atoms with Crippen LogP contribution in [0.25, 0.3) is 0 Å². The normalized spacial score (nSPS) is 27.1. The van der Waals surface area contributed by atoms with Crippen molar-refractivity contribution in [2.75, 3.05) is 0 Å². The average molecular weight is 231 g/mol. The minimum Gasteiger partial charge on any atom is -0.481 e. The van der Waals surface area contributed by atoms with Crippen molar-refractivity contribution in [3.8, 4) is 0 Å². The predicted octanol–water partition coefficient (Wildman–Crippen LogP) is 2.23. The number of carboxylic acid groups (broad SMARTS) is 1. The second-order valence-electron chi connectivity index (χ2n) is 2.93. The Hall–Kier alpha value is -0.770. The van der Waals surface area contributed by atoms with Gasteiger partial charge in [0, 0.05) is 5.92 Å². The van der Waals surface area contributed by atoms with Gasteiger partial charge in [0.05, 0.1) is 5.92 Å². The second kappa shape index (κ2) is 2.62. The Balaban J connectivity index is 2.10. The molecule has 1 fully saturated rings. The van der Waals surface area contributed by atoms with Gasteiger partial charge in [0.15, 0.2) is 4.67 Å². The molecule has 0 amide bonds. The van der Waals surface area contributed by atoms with Crippen molar-refractivity contribution in [2.24, 2.45) is 5.92 Å². The quantitative estimate of drug-likeness (QED) is 0.848. The highest BCUT2D eigenvalue weighted by Crippen LogP contribution is 2.48. The molecule has 0 radical (unpaired) electrons. The van der Waals surface area contributed by atoms with Crippen LogP contribution in [0.15, 0.2) is 21.2 Å². The molecule has 0 aromatic carbocycles. The Kier molecular flexibility index (Phi) is 1.72. The van der Waals surface area contributed by atoms with Crippen LogP contribution in [-0.2, 0) is 4.79 Å². The van der Waals surface area contributed by atoms with Crippen molar-refractivity contribution in [1.29, 1.82) is 0 Å². The maximum Gasteiger partial charge on any atom is 0.307 e. The molecule has 0 spiro atoms. The van der Waals surface area contributed by atoms with Crippen LogP contribution in [0.3, 0.4) is 0 Å². The summed E-state index contributed by atoms with van der Waals surface area (Å²) in [5, 5.41) is 8.64. The molecule has 1 aliphatic carbocycles. The molecular formula is C8H7BrO3. The highest BCUT2D eigenvalue weighted by Gasteiger charge is 2.46. The van der Waals surface area contributed by atoms with Crippen molar-refractivity contribution in [3.05, 3.63) is 22.6 Å². The van der Waals surface area contributed by atoms with E-state index < -0.39 is 5.97 Å². The van der Waals surface area contributed by atoms with Crippen LogP contribution in [0.2, 0.25) is 0 Å². The van der Waals surface area contributed by atoms with E-state index >= 15 is 0 Å². The number of aliphatic carboxylic acids is 1. The second-order valence-corrected chi connectivity index (χ2v) is 3.71. The topological polar surface area (TPSA) is 50.4 Å². The van der Waals surface area contributed by atoms with Crippen LogP contribution in [0.5, 0.6) is 0 Å². The molecule has 1 aromatic rings. The molecule has 4 heteroatoms. The number of carbonyl (C=O) groups is 1. The molecular weight excluding hydrogens is 224 g/mol. The fourth-order valence-electron chi connectivity index (χ4n) is 1.31. The molecule has 0 bridgehead atoms. The zero-order valence-electron chi connectivity index (χ0n) is 6.16. The molecule has 1 aromatic heterocycles. The minimum atomic E-state index is -0.729. The number of hydrogen-bond donors (Lipinski definition) is 1. The average Bonchev–Trinajstić information content (AvgIpc) is 2.70. The number of rotatable bonds is 2. The van der Waals surface area contributed by atoms with E-state index in [1.807, 2.05) is 6.07 Å². The number of furan rings is 1. The summed E-state index contributed by atoms with van der Waals surface area (Å²) in [6.45, 7) is 0. The van der Waals surface area contributed by atoms with E-state index in [-0.39, 0.29) is 11.8 Å². The van der Waals surface area contributed by atoms with Crippen LogP contribution in [0.1, 0.15) is 18.1 Å². The summed E-state index contributed by atoms with van der Waals surface area (Å²) >= 11 is 3.17. The van der Waals surface area contributed by atoms with Crippen LogP contribution in [0, 0.1) is 5.92 Å². The van der Waals surface area contributed by atoms with E-state index in [1.165, 1.54) is 0 Å². The summed E-state index contributed by atoms with van der Waals surface area (Å²) in [5.41, 5.74) is 0. The highest BCUT2D eigenvalue weighted by atomic mass is 79.9. The van der Waals surface area contributed by atoms with E-state index in [9.17, 15) is 4.79 Å². The Morgan fingerprint density at radius 1 is 1.67 bits per heavy atom. The first-order valence-electron chi connectivity index (χ1n) is 3.66. The fraction of sp³-hybridized carbons (Fsp3) is 0.375. The summed E-state index contributed by atoms with van der Waals surface area (Å²) in [4.78, 5) is 10.5. The molecule has 2 atom stereocenters. The van der Waals surface area contributed by atoms with E-state index in [0.29, 0.717) is 11.1 Å². The Labute approximate surface area is 77.5 Å². The smallest absolute Gasteiger partial charge is 0.307 e. The Bertz CT molecular complexity index is 318. The molecule has 0 unspecified atom stereocenters. The van der Waals surface area contributed by atoms with Gasteiger partial charge in [-0.3, -0.25) is 4.79 Å². The lowest BCUT2D eigenvalue weighted by Crippen LogP contribution is -1.98. The highest BCUT2D eigenvalue weighted by molar-refractivity contribution is 9.10. The monoisotopic (exact) mass is 230 g/mol. The van der Waals surface area contributed by atoms with Gasteiger partial charge in [-0.05, 0) is 34.5 Å². The van der Waals surface area contributed by atoms with Gasteiger partial charge in [0.2, 0.25) is 0 Å². The zero-order chi connectivity index (χ0) is 8.72. The maximum atomic E-state index is 10.5. The van der Waals surface area contributed by atoms with E-state index in [2.05, 4.69) is 15.9 Å². The molecule has 12 heavy (non-hydrogen) atoms. The molecule has 2 rings (SSSR count). The van der Waals surface area contributed by atoms with E-state index in [4.69, 9.17) is 9.52 Å².